The molecule has 6 nitrogen and oxygen atoms in total. The summed E-state index contributed by atoms with van der Waals surface area (Å²) < 4.78 is 5.72. The largest absolute Gasteiger partial charge is 0.370 e. The third kappa shape index (κ3) is 3.92. The molecule has 1 fully saturated rings. The van der Waals surface area contributed by atoms with Crippen LogP contribution in [0.2, 0.25) is 10.0 Å². The minimum absolute atomic E-state index is 0.0669. The third-order valence-electron chi connectivity index (χ3n) is 3.94. The van der Waals surface area contributed by atoms with Gasteiger partial charge in [0.05, 0.1) is 18.1 Å². The number of para-hydroxylation sites is 1. The molecule has 3 rings (SSSR count). The fourth-order valence-corrected chi connectivity index (χ4v) is 3.32. The van der Waals surface area contributed by atoms with Crippen LogP contribution in [0, 0.1) is 10.1 Å². The van der Waals surface area contributed by atoms with Gasteiger partial charge in [-0.25, -0.2) is 0 Å². The van der Waals surface area contributed by atoms with Gasteiger partial charge in [0.1, 0.15) is 11.7 Å². The van der Waals surface area contributed by atoms with Crippen molar-refractivity contribution in [2.75, 3.05) is 19.7 Å². The highest BCUT2D eigenvalue weighted by Gasteiger charge is 2.30. The van der Waals surface area contributed by atoms with Gasteiger partial charge in [-0.15, -0.1) is 0 Å². The van der Waals surface area contributed by atoms with Gasteiger partial charge in [-0.05, 0) is 29.8 Å². The summed E-state index contributed by atoms with van der Waals surface area (Å²) in [5.41, 5.74) is 0.621. The molecule has 1 amide bonds. The van der Waals surface area contributed by atoms with E-state index in [0.29, 0.717) is 23.2 Å². The number of amides is 1. The molecule has 2 aromatic carbocycles. The van der Waals surface area contributed by atoms with E-state index in [2.05, 4.69) is 0 Å². The standard InChI is InChI=1S/C17H14Cl2N2O4/c18-12-7-11(8-13(19)9-12)16-10-20(5-6-25-16)17(22)14-3-1-2-4-15(14)21(23)24/h1-4,7-9,16H,5-6,10H2. The Morgan fingerprint density at radius 1 is 1.20 bits per heavy atom. The Bertz CT molecular complexity index is 808. The van der Waals surface area contributed by atoms with Gasteiger partial charge >= 0.3 is 0 Å². The highest BCUT2D eigenvalue weighted by atomic mass is 35.5. The number of hydrogen-bond donors (Lipinski definition) is 0. The lowest BCUT2D eigenvalue weighted by Crippen LogP contribution is -2.42. The number of carbonyl (C=O) groups excluding carboxylic acids is 1. The van der Waals surface area contributed by atoms with Crippen molar-refractivity contribution >= 4 is 34.8 Å². The molecule has 1 saturated heterocycles. The summed E-state index contributed by atoms with van der Waals surface area (Å²) in [7, 11) is 0. The molecular weight excluding hydrogens is 367 g/mol. The molecule has 25 heavy (non-hydrogen) atoms. The van der Waals surface area contributed by atoms with Crippen LogP contribution < -0.4 is 0 Å². The lowest BCUT2D eigenvalue weighted by molar-refractivity contribution is -0.385. The van der Waals surface area contributed by atoms with Crippen molar-refractivity contribution in [2.24, 2.45) is 0 Å². The van der Waals surface area contributed by atoms with E-state index < -0.39 is 16.9 Å². The van der Waals surface area contributed by atoms with Crippen molar-refractivity contribution in [2.45, 2.75) is 6.10 Å². The molecule has 0 radical (unpaired) electrons. The van der Waals surface area contributed by atoms with E-state index in [1.54, 1.807) is 29.2 Å². The fourth-order valence-electron chi connectivity index (χ4n) is 2.78. The number of benzene rings is 2. The molecule has 0 bridgehead atoms. The zero-order valence-corrected chi connectivity index (χ0v) is 14.5. The first kappa shape index (κ1) is 17.7. The van der Waals surface area contributed by atoms with E-state index in [4.69, 9.17) is 27.9 Å². The Hall–Kier alpha value is -2.15. The molecule has 0 N–H and O–H groups in total. The fraction of sp³-hybridized carbons (Fsp3) is 0.235. The first-order valence-electron chi connectivity index (χ1n) is 7.56. The second-order valence-corrected chi connectivity index (χ2v) is 6.46. The minimum Gasteiger partial charge on any atom is -0.370 e. The number of morpholine rings is 1. The second-order valence-electron chi connectivity index (χ2n) is 5.59. The molecule has 0 aromatic heterocycles. The Balaban J connectivity index is 1.84. The average Bonchev–Trinajstić information content (AvgIpc) is 2.60. The number of hydrogen-bond acceptors (Lipinski definition) is 4. The van der Waals surface area contributed by atoms with Gasteiger partial charge in [0, 0.05) is 22.7 Å². The van der Waals surface area contributed by atoms with Gasteiger partial charge in [-0.1, -0.05) is 35.3 Å². The monoisotopic (exact) mass is 380 g/mol. The molecule has 1 aliphatic heterocycles. The average molecular weight is 381 g/mol. The van der Waals surface area contributed by atoms with Crippen LogP contribution in [-0.4, -0.2) is 35.4 Å². The molecule has 0 saturated carbocycles. The highest BCUT2D eigenvalue weighted by molar-refractivity contribution is 6.34. The van der Waals surface area contributed by atoms with Crippen molar-refractivity contribution in [3.05, 3.63) is 73.8 Å². The molecule has 1 heterocycles. The first-order valence-corrected chi connectivity index (χ1v) is 8.31. The highest BCUT2D eigenvalue weighted by Crippen LogP contribution is 2.29. The first-order chi connectivity index (χ1) is 12.0. The number of nitro benzene ring substituents is 1. The molecular formula is C17H14Cl2N2O4. The van der Waals surface area contributed by atoms with Crippen molar-refractivity contribution < 1.29 is 14.5 Å². The number of carbonyl (C=O) groups is 1. The summed E-state index contributed by atoms with van der Waals surface area (Å²) in [5, 5.41) is 12.1. The molecule has 1 aliphatic rings. The Kier molecular flexibility index (Phi) is 5.22. The van der Waals surface area contributed by atoms with Crippen LogP contribution in [0.15, 0.2) is 42.5 Å². The number of halogens is 2. The summed E-state index contributed by atoms with van der Waals surface area (Å²) in [6, 6.07) is 11.0. The van der Waals surface area contributed by atoms with Gasteiger partial charge in [0.25, 0.3) is 11.6 Å². The van der Waals surface area contributed by atoms with Gasteiger partial charge in [0.2, 0.25) is 0 Å². The van der Waals surface area contributed by atoms with E-state index >= 15 is 0 Å². The normalized spacial score (nSPS) is 17.4. The molecule has 1 unspecified atom stereocenters. The van der Waals surface area contributed by atoms with Crippen molar-refractivity contribution in [3.63, 3.8) is 0 Å². The SMILES string of the molecule is O=C(c1ccccc1[N+](=O)[O-])N1CCOC(c2cc(Cl)cc(Cl)c2)C1. The van der Waals surface area contributed by atoms with Crippen molar-refractivity contribution in [1.82, 2.24) is 4.90 Å². The molecule has 1 atom stereocenters. The van der Waals surface area contributed by atoms with Gasteiger partial charge in [-0.3, -0.25) is 14.9 Å². The predicted molar refractivity (Wildman–Crippen MR) is 94.2 cm³/mol. The maximum absolute atomic E-state index is 12.7. The number of nitrogens with zero attached hydrogens (tertiary/aromatic N) is 2. The van der Waals surface area contributed by atoms with Gasteiger partial charge in [0.15, 0.2) is 0 Å². The molecule has 2 aromatic rings. The van der Waals surface area contributed by atoms with E-state index in [9.17, 15) is 14.9 Å². The lowest BCUT2D eigenvalue weighted by Gasteiger charge is -2.33. The smallest absolute Gasteiger partial charge is 0.282 e. The predicted octanol–water partition coefficient (Wildman–Crippen LogP) is 4.12. The second kappa shape index (κ2) is 7.39. The van der Waals surface area contributed by atoms with Crippen LogP contribution in [0.5, 0.6) is 0 Å². The topological polar surface area (TPSA) is 72.7 Å². The van der Waals surface area contributed by atoms with Crippen LogP contribution in [-0.2, 0) is 4.74 Å². The maximum Gasteiger partial charge on any atom is 0.282 e. The summed E-state index contributed by atoms with van der Waals surface area (Å²) in [6.45, 7) is 0.943. The molecule has 130 valence electrons. The van der Waals surface area contributed by atoms with Crippen LogP contribution in [0.1, 0.15) is 22.0 Å². The van der Waals surface area contributed by atoms with Crippen molar-refractivity contribution in [3.8, 4) is 0 Å². The molecule has 8 heteroatoms. The summed E-state index contributed by atoms with van der Waals surface area (Å²) in [4.78, 5) is 24.9. The van der Waals surface area contributed by atoms with Crippen LogP contribution in [0.4, 0.5) is 5.69 Å². The minimum atomic E-state index is -0.554. The van der Waals surface area contributed by atoms with Crippen LogP contribution >= 0.6 is 23.2 Å². The molecule has 0 spiro atoms. The maximum atomic E-state index is 12.7. The summed E-state index contributed by atoms with van der Waals surface area (Å²) in [6.07, 6.45) is -0.392. The zero-order chi connectivity index (χ0) is 18.0. The lowest BCUT2D eigenvalue weighted by atomic mass is 10.1. The number of nitro groups is 1. The zero-order valence-electron chi connectivity index (χ0n) is 13.0. The number of ether oxygens (including phenoxy) is 1. The van der Waals surface area contributed by atoms with Crippen LogP contribution in [0.25, 0.3) is 0 Å². The quantitative estimate of drug-likeness (QED) is 0.592. The van der Waals surface area contributed by atoms with E-state index in [0.717, 1.165) is 5.56 Å². The van der Waals surface area contributed by atoms with Gasteiger partial charge in [-0.2, -0.15) is 0 Å². The van der Waals surface area contributed by atoms with Gasteiger partial charge < -0.3 is 9.64 Å². The third-order valence-corrected chi connectivity index (χ3v) is 4.38. The summed E-state index contributed by atoms with van der Waals surface area (Å²) in [5.74, 6) is -0.395. The molecule has 0 aliphatic carbocycles. The Morgan fingerprint density at radius 2 is 1.88 bits per heavy atom. The summed E-state index contributed by atoms with van der Waals surface area (Å²) >= 11 is 12.0. The van der Waals surface area contributed by atoms with E-state index in [1.807, 2.05) is 0 Å². The number of rotatable bonds is 3. The Labute approximate surface area is 154 Å². The van der Waals surface area contributed by atoms with Crippen LogP contribution in [0.3, 0.4) is 0 Å². The van der Waals surface area contributed by atoms with E-state index in [-0.39, 0.29) is 17.8 Å². The van der Waals surface area contributed by atoms with Crippen molar-refractivity contribution in [1.29, 1.82) is 0 Å². The Morgan fingerprint density at radius 3 is 2.56 bits per heavy atom. The van der Waals surface area contributed by atoms with E-state index in [1.165, 1.54) is 18.2 Å².